The number of fused-ring (bicyclic) bond motifs is 1. The van der Waals surface area contributed by atoms with Crippen LogP contribution >= 0.6 is 23.4 Å². The number of aromatic nitrogens is 2. The van der Waals surface area contributed by atoms with Crippen molar-refractivity contribution in [3.8, 4) is 5.75 Å². The first-order valence-electron chi connectivity index (χ1n) is 9.68. The average Bonchev–Trinajstić information content (AvgIpc) is 2.79. The largest absolute Gasteiger partial charge is 0.496 e. The fraction of sp³-hybridized carbons (Fsp3) is 0.125. The molecule has 0 saturated heterocycles. The van der Waals surface area contributed by atoms with Crippen molar-refractivity contribution in [1.29, 1.82) is 0 Å². The zero-order chi connectivity index (χ0) is 21.6. The molecule has 0 aliphatic rings. The molecule has 0 aliphatic carbocycles. The summed E-state index contributed by atoms with van der Waals surface area (Å²) in [5.74, 6) is 0.897. The highest BCUT2D eigenvalue weighted by Crippen LogP contribution is 2.28. The first kappa shape index (κ1) is 21.2. The van der Waals surface area contributed by atoms with Crippen LogP contribution in [0.4, 0.5) is 5.69 Å². The summed E-state index contributed by atoms with van der Waals surface area (Å²) in [7, 11) is 1.65. The van der Waals surface area contributed by atoms with E-state index in [0.29, 0.717) is 17.1 Å². The van der Waals surface area contributed by atoms with E-state index in [4.69, 9.17) is 26.3 Å². The van der Waals surface area contributed by atoms with Gasteiger partial charge in [-0.25, -0.2) is 9.97 Å². The van der Waals surface area contributed by atoms with Crippen molar-refractivity contribution in [2.45, 2.75) is 11.4 Å². The van der Waals surface area contributed by atoms with Crippen molar-refractivity contribution in [3.05, 3.63) is 89.1 Å². The van der Waals surface area contributed by atoms with Crippen molar-refractivity contribution in [1.82, 2.24) is 9.97 Å². The number of carbonyl (C=O) groups is 1. The van der Waals surface area contributed by atoms with E-state index in [0.717, 1.165) is 33.1 Å². The Morgan fingerprint density at radius 2 is 1.65 bits per heavy atom. The number of amides is 1. The van der Waals surface area contributed by atoms with Crippen molar-refractivity contribution < 1.29 is 9.53 Å². The lowest BCUT2D eigenvalue weighted by molar-refractivity contribution is -0.113. The topological polar surface area (TPSA) is 64.1 Å². The highest BCUT2D eigenvalue weighted by Gasteiger charge is 2.14. The van der Waals surface area contributed by atoms with Crippen LogP contribution in [-0.2, 0) is 11.2 Å². The van der Waals surface area contributed by atoms with Crippen LogP contribution in [-0.4, -0.2) is 28.7 Å². The first-order valence-corrected chi connectivity index (χ1v) is 11.0. The number of nitrogens with zero attached hydrogens (tertiary/aromatic N) is 2. The maximum atomic E-state index is 12.5. The third kappa shape index (κ3) is 5.34. The van der Waals surface area contributed by atoms with E-state index >= 15 is 0 Å². The Morgan fingerprint density at radius 1 is 0.968 bits per heavy atom. The fourth-order valence-corrected chi connectivity index (χ4v) is 4.06. The monoisotopic (exact) mass is 449 g/mol. The standard InChI is InChI=1S/C24H20ClN3O2S/c1-30-22-9-5-2-6-16(22)14-21-24(28-20-8-4-3-7-19(20)27-21)31-15-23(29)26-18-12-10-17(25)11-13-18/h2-13H,14-15H2,1H3,(H,26,29). The van der Waals surface area contributed by atoms with Gasteiger partial charge in [0.05, 0.1) is 29.6 Å². The maximum Gasteiger partial charge on any atom is 0.234 e. The first-order chi connectivity index (χ1) is 15.1. The SMILES string of the molecule is COc1ccccc1Cc1nc2ccccc2nc1SCC(=O)Nc1ccc(Cl)cc1. The average molecular weight is 450 g/mol. The van der Waals surface area contributed by atoms with Gasteiger partial charge in [-0.05, 0) is 42.5 Å². The predicted molar refractivity (Wildman–Crippen MR) is 126 cm³/mol. The Balaban J connectivity index is 1.57. The van der Waals surface area contributed by atoms with Crippen LogP contribution in [0.2, 0.25) is 5.02 Å². The van der Waals surface area contributed by atoms with Gasteiger partial charge in [0, 0.05) is 22.7 Å². The molecule has 5 nitrogen and oxygen atoms in total. The summed E-state index contributed by atoms with van der Waals surface area (Å²) in [6, 6.07) is 22.6. The molecule has 0 fully saturated rings. The number of hydrogen-bond acceptors (Lipinski definition) is 5. The van der Waals surface area contributed by atoms with Gasteiger partial charge in [0.1, 0.15) is 10.8 Å². The van der Waals surface area contributed by atoms with Gasteiger partial charge in [0.15, 0.2) is 0 Å². The normalized spacial score (nSPS) is 10.8. The number of thioether (sulfide) groups is 1. The van der Waals surface area contributed by atoms with Gasteiger partial charge in [-0.15, -0.1) is 0 Å². The van der Waals surface area contributed by atoms with Crippen molar-refractivity contribution in [2.75, 3.05) is 18.2 Å². The second-order valence-electron chi connectivity index (χ2n) is 6.80. The smallest absolute Gasteiger partial charge is 0.234 e. The molecular formula is C24H20ClN3O2S. The molecule has 156 valence electrons. The van der Waals surface area contributed by atoms with Gasteiger partial charge in [-0.3, -0.25) is 4.79 Å². The number of para-hydroxylation sites is 3. The Bertz CT molecular complexity index is 1220. The molecule has 3 aromatic carbocycles. The lowest BCUT2D eigenvalue weighted by atomic mass is 10.1. The van der Waals surface area contributed by atoms with Gasteiger partial charge in [-0.1, -0.05) is 53.7 Å². The van der Waals surface area contributed by atoms with Crippen LogP contribution in [0.5, 0.6) is 5.75 Å². The molecule has 0 spiro atoms. The number of benzene rings is 3. The quantitative estimate of drug-likeness (QED) is 0.371. The van der Waals surface area contributed by atoms with E-state index < -0.39 is 0 Å². The zero-order valence-corrected chi connectivity index (χ0v) is 18.4. The van der Waals surface area contributed by atoms with Crippen LogP contribution < -0.4 is 10.1 Å². The molecule has 0 aliphatic heterocycles. The van der Waals surface area contributed by atoms with Crippen LogP contribution in [0, 0.1) is 0 Å². The number of anilines is 1. The van der Waals surface area contributed by atoms with E-state index in [9.17, 15) is 4.79 Å². The van der Waals surface area contributed by atoms with E-state index in [2.05, 4.69) is 5.32 Å². The second-order valence-corrected chi connectivity index (χ2v) is 8.20. The number of rotatable bonds is 7. The molecule has 0 atom stereocenters. The second kappa shape index (κ2) is 9.81. The lowest BCUT2D eigenvalue weighted by Crippen LogP contribution is -2.14. The van der Waals surface area contributed by atoms with Crippen LogP contribution in [0.15, 0.2) is 77.8 Å². The Labute approximate surface area is 189 Å². The summed E-state index contributed by atoms with van der Waals surface area (Å²) in [6.07, 6.45) is 0.559. The molecule has 0 bridgehead atoms. The minimum absolute atomic E-state index is 0.120. The number of halogens is 1. The molecule has 1 N–H and O–H groups in total. The van der Waals surface area contributed by atoms with Gasteiger partial charge >= 0.3 is 0 Å². The molecule has 0 saturated carbocycles. The number of nitrogens with one attached hydrogen (secondary N) is 1. The molecule has 4 rings (SSSR count). The van der Waals surface area contributed by atoms with Gasteiger partial charge in [0.2, 0.25) is 5.91 Å². The molecule has 31 heavy (non-hydrogen) atoms. The van der Waals surface area contributed by atoms with Crippen LogP contribution in [0.25, 0.3) is 11.0 Å². The molecule has 1 heterocycles. The number of methoxy groups -OCH3 is 1. The minimum Gasteiger partial charge on any atom is -0.496 e. The Morgan fingerprint density at radius 3 is 2.39 bits per heavy atom. The Kier molecular flexibility index (Phi) is 6.70. The van der Waals surface area contributed by atoms with Crippen LogP contribution in [0.1, 0.15) is 11.3 Å². The molecule has 4 aromatic rings. The van der Waals surface area contributed by atoms with Gasteiger partial charge in [0.25, 0.3) is 0 Å². The van der Waals surface area contributed by atoms with Crippen molar-refractivity contribution in [3.63, 3.8) is 0 Å². The molecule has 0 unspecified atom stereocenters. The predicted octanol–water partition coefficient (Wildman–Crippen LogP) is 5.61. The third-order valence-corrected chi connectivity index (χ3v) is 5.88. The summed E-state index contributed by atoms with van der Waals surface area (Å²) in [5.41, 5.74) is 4.15. The van der Waals surface area contributed by atoms with Crippen molar-refractivity contribution in [2.24, 2.45) is 0 Å². The summed E-state index contributed by atoms with van der Waals surface area (Å²) >= 11 is 7.27. The van der Waals surface area contributed by atoms with Crippen LogP contribution in [0.3, 0.4) is 0 Å². The van der Waals surface area contributed by atoms with Crippen molar-refractivity contribution >= 4 is 46.0 Å². The number of carbonyl (C=O) groups excluding carboxylic acids is 1. The van der Waals surface area contributed by atoms with E-state index in [1.807, 2.05) is 48.5 Å². The minimum atomic E-state index is -0.120. The maximum absolute atomic E-state index is 12.5. The molecule has 7 heteroatoms. The highest BCUT2D eigenvalue weighted by atomic mass is 35.5. The third-order valence-electron chi connectivity index (χ3n) is 4.62. The summed E-state index contributed by atoms with van der Waals surface area (Å²) < 4.78 is 5.49. The fourth-order valence-electron chi connectivity index (χ4n) is 3.14. The van der Waals surface area contributed by atoms with E-state index in [1.165, 1.54) is 11.8 Å². The van der Waals surface area contributed by atoms with Gasteiger partial charge in [-0.2, -0.15) is 0 Å². The highest BCUT2D eigenvalue weighted by molar-refractivity contribution is 8.00. The Hall–Kier alpha value is -3.09. The molecule has 0 radical (unpaired) electrons. The summed E-state index contributed by atoms with van der Waals surface area (Å²) in [6.45, 7) is 0. The van der Waals surface area contributed by atoms with E-state index in [1.54, 1.807) is 31.4 Å². The zero-order valence-electron chi connectivity index (χ0n) is 16.8. The summed E-state index contributed by atoms with van der Waals surface area (Å²) in [4.78, 5) is 22.1. The number of hydrogen-bond donors (Lipinski definition) is 1. The molecule has 1 amide bonds. The molecular weight excluding hydrogens is 430 g/mol. The number of ether oxygens (including phenoxy) is 1. The van der Waals surface area contributed by atoms with Gasteiger partial charge < -0.3 is 10.1 Å². The summed E-state index contributed by atoms with van der Waals surface area (Å²) in [5, 5.41) is 4.23. The molecule has 1 aromatic heterocycles. The lowest BCUT2D eigenvalue weighted by Gasteiger charge is -2.12. The van der Waals surface area contributed by atoms with E-state index in [-0.39, 0.29) is 11.7 Å².